The molecule has 0 heterocycles. The number of halogens is 2. The predicted octanol–water partition coefficient (Wildman–Crippen LogP) is 3.65. The molecule has 2 rings (SSSR count). The van der Waals surface area contributed by atoms with Crippen LogP contribution in [0, 0.1) is 0 Å². The van der Waals surface area contributed by atoms with Gasteiger partial charge in [0, 0.05) is 22.1 Å². The van der Waals surface area contributed by atoms with Crippen molar-refractivity contribution in [3.05, 3.63) is 45.4 Å². The highest BCUT2D eigenvalue weighted by Gasteiger charge is 2.17. The molecule has 1 aromatic rings. The van der Waals surface area contributed by atoms with Crippen molar-refractivity contribution in [2.45, 2.75) is 25.3 Å². The molecule has 0 fully saturated rings. The van der Waals surface area contributed by atoms with Gasteiger partial charge in [-0.2, -0.15) is 0 Å². The Balaban J connectivity index is 2.01. The van der Waals surface area contributed by atoms with E-state index in [9.17, 15) is 0 Å². The summed E-state index contributed by atoms with van der Waals surface area (Å²) in [5.41, 5.74) is 2.92. The minimum absolute atomic E-state index is 0.532. The molecular formula is C13H15BrClN. The molecule has 1 N–H and O–H groups in total. The Bertz CT molecular complexity index is 403. The third-order valence-corrected chi connectivity index (χ3v) is 3.61. The van der Waals surface area contributed by atoms with E-state index in [2.05, 4.69) is 46.0 Å². The standard InChI is InChI=1S/C13H15BrClN/c1-9(15)8-16-13-5-3-10-6-12(14)4-2-11(10)7-13/h2,4,6,13,16H,1,3,5,7-8H2. The van der Waals surface area contributed by atoms with Crippen LogP contribution in [0.3, 0.4) is 0 Å². The summed E-state index contributed by atoms with van der Waals surface area (Å²) >= 11 is 9.27. The molecule has 0 aliphatic heterocycles. The zero-order valence-electron chi connectivity index (χ0n) is 9.10. The summed E-state index contributed by atoms with van der Waals surface area (Å²) in [5, 5.41) is 4.12. The molecule has 1 aliphatic rings. The third-order valence-electron chi connectivity index (χ3n) is 2.98. The molecule has 0 amide bonds. The van der Waals surface area contributed by atoms with Crippen molar-refractivity contribution in [1.29, 1.82) is 0 Å². The van der Waals surface area contributed by atoms with E-state index in [1.807, 2.05) is 0 Å². The van der Waals surface area contributed by atoms with Gasteiger partial charge in [-0.3, -0.25) is 0 Å². The molecule has 0 bridgehead atoms. The smallest absolute Gasteiger partial charge is 0.0310 e. The van der Waals surface area contributed by atoms with E-state index in [0.717, 1.165) is 12.8 Å². The van der Waals surface area contributed by atoms with Crippen molar-refractivity contribution in [2.24, 2.45) is 0 Å². The molecule has 1 unspecified atom stereocenters. The van der Waals surface area contributed by atoms with E-state index in [-0.39, 0.29) is 0 Å². The maximum absolute atomic E-state index is 5.75. The minimum Gasteiger partial charge on any atom is -0.309 e. The van der Waals surface area contributed by atoms with Gasteiger partial charge in [0.2, 0.25) is 0 Å². The molecule has 3 heteroatoms. The van der Waals surface area contributed by atoms with Crippen LogP contribution in [-0.4, -0.2) is 12.6 Å². The van der Waals surface area contributed by atoms with Crippen LogP contribution in [0.1, 0.15) is 17.5 Å². The molecule has 1 nitrogen and oxygen atoms in total. The first-order valence-corrected chi connectivity index (χ1v) is 6.66. The largest absolute Gasteiger partial charge is 0.309 e. The van der Waals surface area contributed by atoms with Gasteiger partial charge in [0.15, 0.2) is 0 Å². The molecule has 0 aromatic heterocycles. The van der Waals surface area contributed by atoms with Crippen LogP contribution in [-0.2, 0) is 12.8 Å². The Morgan fingerprint density at radius 2 is 2.31 bits per heavy atom. The number of benzene rings is 1. The second-order valence-corrected chi connectivity index (χ2v) is 5.70. The molecule has 0 radical (unpaired) electrons. The first-order chi connectivity index (χ1) is 7.65. The van der Waals surface area contributed by atoms with Gasteiger partial charge in [-0.05, 0) is 42.5 Å². The second kappa shape index (κ2) is 5.35. The lowest BCUT2D eigenvalue weighted by molar-refractivity contribution is 0.478. The molecule has 1 aliphatic carbocycles. The zero-order valence-corrected chi connectivity index (χ0v) is 11.4. The highest BCUT2D eigenvalue weighted by atomic mass is 79.9. The number of hydrogen-bond acceptors (Lipinski definition) is 1. The summed E-state index contributed by atoms with van der Waals surface area (Å²) in [6.45, 7) is 4.40. The molecule has 0 saturated carbocycles. The molecule has 1 aromatic carbocycles. The van der Waals surface area contributed by atoms with Crippen LogP contribution in [0.5, 0.6) is 0 Å². The van der Waals surface area contributed by atoms with Crippen molar-refractivity contribution < 1.29 is 0 Å². The maximum Gasteiger partial charge on any atom is 0.0310 e. The number of hydrogen-bond donors (Lipinski definition) is 1. The van der Waals surface area contributed by atoms with Gasteiger partial charge >= 0.3 is 0 Å². The number of aryl methyl sites for hydroxylation is 1. The molecule has 1 atom stereocenters. The fourth-order valence-corrected chi connectivity index (χ4v) is 2.64. The summed E-state index contributed by atoms with van der Waals surface area (Å²) in [5.74, 6) is 0. The van der Waals surface area contributed by atoms with Crippen LogP contribution in [0.2, 0.25) is 0 Å². The Labute approximate surface area is 110 Å². The maximum atomic E-state index is 5.75. The van der Waals surface area contributed by atoms with Crippen molar-refractivity contribution >= 4 is 27.5 Å². The Morgan fingerprint density at radius 1 is 1.50 bits per heavy atom. The van der Waals surface area contributed by atoms with Crippen LogP contribution in [0.25, 0.3) is 0 Å². The Morgan fingerprint density at radius 3 is 3.06 bits per heavy atom. The Kier molecular flexibility index (Phi) is 4.06. The first kappa shape index (κ1) is 12.2. The van der Waals surface area contributed by atoms with Crippen molar-refractivity contribution in [3.8, 4) is 0 Å². The SMILES string of the molecule is C=C(Cl)CNC1CCc2cc(Br)ccc2C1. The van der Waals surface area contributed by atoms with Crippen LogP contribution >= 0.6 is 27.5 Å². The monoisotopic (exact) mass is 299 g/mol. The summed E-state index contributed by atoms with van der Waals surface area (Å²) in [4.78, 5) is 0. The van der Waals surface area contributed by atoms with Gasteiger partial charge < -0.3 is 5.32 Å². The minimum atomic E-state index is 0.532. The summed E-state index contributed by atoms with van der Waals surface area (Å²) in [6, 6.07) is 7.08. The van der Waals surface area contributed by atoms with Crippen molar-refractivity contribution in [3.63, 3.8) is 0 Å². The molecule has 16 heavy (non-hydrogen) atoms. The normalized spacial score (nSPS) is 19.2. The fourth-order valence-electron chi connectivity index (χ4n) is 2.15. The number of nitrogens with one attached hydrogen (secondary N) is 1. The quantitative estimate of drug-likeness (QED) is 0.898. The highest BCUT2D eigenvalue weighted by Crippen LogP contribution is 2.24. The van der Waals surface area contributed by atoms with Gasteiger partial charge in [0.1, 0.15) is 0 Å². The van der Waals surface area contributed by atoms with E-state index in [4.69, 9.17) is 11.6 Å². The predicted molar refractivity (Wildman–Crippen MR) is 73.0 cm³/mol. The van der Waals surface area contributed by atoms with E-state index >= 15 is 0 Å². The van der Waals surface area contributed by atoms with Crippen molar-refractivity contribution in [2.75, 3.05) is 6.54 Å². The summed E-state index contributed by atoms with van der Waals surface area (Å²) < 4.78 is 1.17. The van der Waals surface area contributed by atoms with Gasteiger partial charge in [-0.25, -0.2) is 0 Å². The van der Waals surface area contributed by atoms with E-state index in [1.165, 1.54) is 22.0 Å². The van der Waals surface area contributed by atoms with E-state index in [1.54, 1.807) is 0 Å². The lowest BCUT2D eigenvalue weighted by atomic mass is 9.88. The third kappa shape index (κ3) is 3.09. The lowest BCUT2D eigenvalue weighted by Gasteiger charge is -2.25. The Hall–Kier alpha value is -0.310. The molecule has 0 spiro atoms. The fraction of sp³-hybridized carbons (Fsp3) is 0.385. The van der Waals surface area contributed by atoms with E-state index in [0.29, 0.717) is 17.6 Å². The zero-order chi connectivity index (χ0) is 11.5. The topological polar surface area (TPSA) is 12.0 Å². The van der Waals surface area contributed by atoms with Crippen molar-refractivity contribution in [1.82, 2.24) is 5.32 Å². The lowest BCUT2D eigenvalue weighted by Crippen LogP contribution is -2.35. The molecule has 86 valence electrons. The first-order valence-electron chi connectivity index (χ1n) is 5.49. The number of rotatable bonds is 3. The van der Waals surface area contributed by atoms with Gasteiger partial charge in [0.05, 0.1) is 0 Å². The molecular weight excluding hydrogens is 286 g/mol. The van der Waals surface area contributed by atoms with E-state index < -0.39 is 0 Å². The van der Waals surface area contributed by atoms with Gasteiger partial charge in [-0.1, -0.05) is 40.2 Å². The summed E-state index contributed by atoms with van der Waals surface area (Å²) in [6.07, 6.45) is 3.40. The van der Waals surface area contributed by atoms with Crippen LogP contribution in [0.4, 0.5) is 0 Å². The second-order valence-electron chi connectivity index (χ2n) is 4.25. The number of fused-ring (bicyclic) bond motifs is 1. The molecule has 0 saturated heterocycles. The summed E-state index contributed by atoms with van der Waals surface area (Å²) in [7, 11) is 0. The average molecular weight is 301 g/mol. The van der Waals surface area contributed by atoms with Crippen LogP contribution < -0.4 is 5.32 Å². The average Bonchev–Trinajstić information content (AvgIpc) is 2.26. The van der Waals surface area contributed by atoms with Gasteiger partial charge in [-0.15, -0.1) is 0 Å². The van der Waals surface area contributed by atoms with Gasteiger partial charge in [0.25, 0.3) is 0 Å². The van der Waals surface area contributed by atoms with Crippen LogP contribution in [0.15, 0.2) is 34.3 Å². The highest BCUT2D eigenvalue weighted by molar-refractivity contribution is 9.10.